The van der Waals surface area contributed by atoms with E-state index in [4.69, 9.17) is 12.2 Å². The van der Waals surface area contributed by atoms with Crippen molar-refractivity contribution in [1.29, 1.82) is 0 Å². The monoisotopic (exact) mass is 267 g/mol. The van der Waals surface area contributed by atoms with Gasteiger partial charge in [-0.2, -0.15) is 5.10 Å². The summed E-state index contributed by atoms with van der Waals surface area (Å²) >= 11 is 5.03. The summed E-state index contributed by atoms with van der Waals surface area (Å²) in [4.78, 5) is 0. The van der Waals surface area contributed by atoms with Gasteiger partial charge in [0, 0.05) is 5.71 Å². The van der Waals surface area contributed by atoms with E-state index in [9.17, 15) is 4.39 Å². The smallest absolute Gasteiger partial charge is 0.191 e. The minimum atomic E-state index is -0.340. The molecule has 0 unspecified atom stereocenters. The lowest BCUT2D eigenvalue weighted by molar-refractivity contribution is 0.632. The average Bonchev–Trinajstić information content (AvgIpc) is 2.36. The van der Waals surface area contributed by atoms with Crippen molar-refractivity contribution in [3.8, 4) is 0 Å². The van der Waals surface area contributed by atoms with E-state index >= 15 is 0 Å². The van der Waals surface area contributed by atoms with Crippen molar-refractivity contribution >= 4 is 28.7 Å². The fourth-order valence-electron chi connectivity index (χ4n) is 1.35. The van der Waals surface area contributed by atoms with Crippen LogP contribution in [0.15, 0.2) is 29.4 Å². The Morgan fingerprint density at radius 2 is 2.11 bits per heavy atom. The molecule has 18 heavy (non-hydrogen) atoms. The van der Waals surface area contributed by atoms with Crippen LogP contribution in [0.4, 0.5) is 10.1 Å². The number of hydrogen-bond donors (Lipinski definition) is 2. The number of unbranched alkanes of at least 4 members (excludes halogenated alkanes) is 1. The van der Waals surface area contributed by atoms with Crippen LogP contribution in [0.1, 0.15) is 33.1 Å². The second-order valence-corrected chi connectivity index (χ2v) is 4.40. The third kappa shape index (κ3) is 5.23. The number of benzene rings is 1. The third-order valence-electron chi connectivity index (χ3n) is 2.36. The zero-order valence-electron chi connectivity index (χ0n) is 10.7. The topological polar surface area (TPSA) is 36.4 Å². The molecule has 0 spiro atoms. The van der Waals surface area contributed by atoms with Gasteiger partial charge in [0.15, 0.2) is 5.11 Å². The summed E-state index contributed by atoms with van der Waals surface area (Å²) in [6, 6.07) is 6.37. The van der Waals surface area contributed by atoms with E-state index in [-0.39, 0.29) is 10.9 Å². The molecule has 0 saturated heterocycles. The summed E-state index contributed by atoms with van der Waals surface area (Å²) in [6.45, 7) is 4.07. The van der Waals surface area contributed by atoms with Crippen molar-refractivity contribution in [1.82, 2.24) is 5.43 Å². The van der Waals surface area contributed by atoms with Crippen LogP contribution in [-0.4, -0.2) is 10.8 Å². The van der Waals surface area contributed by atoms with Crippen LogP contribution >= 0.6 is 12.2 Å². The normalized spacial score (nSPS) is 11.2. The number of para-hydroxylation sites is 1. The first kappa shape index (κ1) is 14.6. The zero-order chi connectivity index (χ0) is 13.4. The molecule has 0 fully saturated rings. The molecule has 3 nitrogen and oxygen atoms in total. The van der Waals surface area contributed by atoms with Crippen LogP contribution in [0.5, 0.6) is 0 Å². The molecule has 0 amide bonds. The molecule has 5 heteroatoms. The van der Waals surface area contributed by atoms with Crippen molar-refractivity contribution in [3.63, 3.8) is 0 Å². The largest absolute Gasteiger partial charge is 0.329 e. The van der Waals surface area contributed by atoms with E-state index < -0.39 is 0 Å². The Morgan fingerprint density at radius 1 is 1.39 bits per heavy atom. The van der Waals surface area contributed by atoms with Gasteiger partial charge in [0.1, 0.15) is 5.82 Å². The number of thiocarbonyl (C=S) groups is 1. The summed E-state index contributed by atoms with van der Waals surface area (Å²) in [6.07, 6.45) is 3.17. The lowest BCUT2D eigenvalue weighted by atomic mass is 10.2. The van der Waals surface area contributed by atoms with Crippen molar-refractivity contribution < 1.29 is 4.39 Å². The molecule has 1 aromatic rings. The van der Waals surface area contributed by atoms with E-state index in [0.29, 0.717) is 5.69 Å². The molecule has 1 rings (SSSR count). The molecule has 0 bridgehead atoms. The van der Waals surface area contributed by atoms with E-state index in [1.54, 1.807) is 18.2 Å². The number of hydrogen-bond acceptors (Lipinski definition) is 2. The first-order chi connectivity index (χ1) is 8.63. The van der Waals surface area contributed by atoms with Gasteiger partial charge in [-0.05, 0) is 44.1 Å². The Hall–Kier alpha value is -1.49. The molecule has 0 aliphatic rings. The summed E-state index contributed by atoms with van der Waals surface area (Å²) in [7, 11) is 0. The summed E-state index contributed by atoms with van der Waals surface area (Å²) in [5.74, 6) is -0.340. The number of nitrogens with one attached hydrogen (secondary N) is 2. The Kier molecular flexibility index (Phi) is 6.28. The van der Waals surface area contributed by atoms with Gasteiger partial charge in [0.2, 0.25) is 0 Å². The van der Waals surface area contributed by atoms with Crippen LogP contribution in [-0.2, 0) is 0 Å². The number of nitrogens with zero attached hydrogens (tertiary/aromatic N) is 1. The van der Waals surface area contributed by atoms with Crippen molar-refractivity contribution in [2.45, 2.75) is 33.1 Å². The second-order valence-electron chi connectivity index (χ2n) is 4.00. The molecular weight excluding hydrogens is 249 g/mol. The fourth-order valence-corrected chi connectivity index (χ4v) is 1.50. The predicted molar refractivity (Wildman–Crippen MR) is 78.4 cm³/mol. The molecular formula is C13H18FN3S. The SMILES string of the molecule is CCCC/C(C)=N\NC(=S)Nc1ccccc1F. The zero-order valence-corrected chi connectivity index (χ0v) is 11.5. The number of anilines is 1. The van der Waals surface area contributed by atoms with E-state index in [2.05, 4.69) is 22.8 Å². The molecule has 0 aliphatic carbocycles. The fraction of sp³-hybridized carbons (Fsp3) is 0.385. The Labute approximate surface area is 112 Å². The Bertz CT molecular complexity index is 432. The van der Waals surface area contributed by atoms with Crippen molar-refractivity contribution in [2.75, 3.05) is 5.32 Å². The molecule has 0 aliphatic heterocycles. The molecule has 98 valence electrons. The molecule has 1 aromatic carbocycles. The highest BCUT2D eigenvalue weighted by molar-refractivity contribution is 7.80. The number of hydrazone groups is 1. The van der Waals surface area contributed by atoms with E-state index in [0.717, 1.165) is 25.0 Å². The predicted octanol–water partition coefficient (Wildman–Crippen LogP) is 3.68. The molecule has 0 radical (unpaired) electrons. The van der Waals surface area contributed by atoms with Gasteiger partial charge in [0.25, 0.3) is 0 Å². The van der Waals surface area contributed by atoms with Crippen molar-refractivity contribution in [3.05, 3.63) is 30.1 Å². The van der Waals surface area contributed by atoms with Gasteiger partial charge < -0.3 is 5.32 Å². The maximum absolute atomic E-state index is 13.3. The third-order valence-corrected chi connectivity index (χ3v) is 2.56. The van der Waals surface area contributed by atoms with Gasteiger partial charge in [-0.1, -0.05) is 25.5 Å². The highest BCUT2D eigenvalue weighted by Crippen LogP contribution is 2.11. The van der Waals surface area contributed by atoms with Gasteiger partial charge in [-0.25, -0.2) is 4.39 Å². The average molecular weight is 267 g/mol. The first-order valence-electron chi connectivity index (χ1n) is 5.98. The molecule has 0 atom stereocenters. The van der Waals surface area contributed by atoms with Crippen LogP contribution in [0.25, 0.3) is 0 Å². The van der Waals surface area contributed by atoms with E-state index in [1.165, 1.54) is 6.07 Å². The highest BCUT2D eigenvalue weighted by Gasteiger charge is 2.01. The molecule has 0 saturated carbocycles. The van der Waals surface area contributed by atoms with Gasteiger partial charge in [-0.15, -0.1) is 0 Å². The molecule has 2 N–H and O–H groups in total. The maximum Gasteiger partial charge on any atom is 0.191 e. The maximum atomic E-state index is 13.3. The van der Waals surface area contributed by atoms with Crippen LogP contribution in [0, 0.1) is 5.82 Å². The summed E-state index contributed by atoms with van der Waals surface area (Å²) in [5, 5.41) is 7.18. The minimum absolute atomic E-state index is 0.288. The van der Waals surface area contributed by atoms with E-state index in [1.807, 2.05) is 6.92 Å². The van der Waals surface area contributed by atoms with Crippen LogP contribution < -0.4 is 10.7 Å². The quantitative estimate of drug-likeness (QED) is 0.485. The standard InChI is InChI=1S/C13H18FN3S/c1-3-4-7-10(2)16-17-13(18)15-12-9-6-5-8-11(12)14/h5-6,8-9H,3-4,7H2,1-2H3,(H2,15,17,18)/b16-10-. The van der Waals surface area contributed by atoms with Gasteiger partial charge in [0.05, 0.1) is 5.69 Å². The van der Waals surface area contributed by atoms with Crippen LogP contribution in [0.3, 0.4) is 0 Å². The molecule has 0 aromatic heterocycles. The summed E-state index contributed by atoms with van der Waals surface area (Å²) in [5.41, 5.74) is 4.03. The lowest BCUT2D eigenvalue weighted by Gasteiger charge is -2.08. The van der Waals surface area contributed by atoms with Gasteiger partial charge in [-0.3, -0.25) is 5.43 Å². The second kappa shape index (κ2) is 7.76. The Morgan fingerprint density at radius 3 is 2.78 bits per heavy atom. The number of halogens is 1. The highest BCUT2D eigenvalue weighted by atomic mass is 32.1. The summed E-state index contributed by atoms with van der Waals surface area (Å²) < 4.78 is 13.3. The molecule has 0 heterocycles. The number of rotatable bonds is 5. The van der Waals surface area contributed by atoms with Gasteiger partial charge >= 0.3 is 0 Å². The van der Waals surface area contributed by atoms with Crippen LogP contribution in [0.2, 0.25) is 0 Å². The first-order valence-corrected chi connectivity index (χ1v) is 6.39. The van der Waals surface area contributed by atoms with Crippen molar-refractivity contribution in [2.24, 2.45) is 5.10 Å². The minimum Gasteiger partial charge on any atom is -0.329 e. The Balaban J connectivity index is 2.45. The lowest BCUT2D eigenvalue weighted by Crippen LogP contribution is -2.25.